The molecule has 0 radical (unpaired) electrons. The van der Waals surface area contributed by atoms with Crippen LogP contribution in [0.15, 0.2) is 27.8 Å². The Hall–Kier alpha value is -1.69. The van der Waals surface area contributed by atoms with Crippen LogP contribution in [0.1, 0.15) is 6.42 Å². The van der Waals surface area contributed by atoms with Crippen molar-refractivity contribution in [3.05, 3.63) is 18.2 Å². The number of thioether (sulfide) groups is 1. The molecular weight excluding hydrogens is 228 g/mol. The monoisotopic (exact) mass is 238 g/mol. The van der Waals surface area contributed by atoms with E-state index in [-0.39, 0.29) is 6.42 Å². The highest BCUT2D eigenvalue weighted by Crippen LogP contribution is 2.24. The molecule has 0 aliphatic carbocycles. The molecule has 0 bridgehead atoms. The largest absolute Gasteiger partial charge is 0.481 e. The topological polar surface area (TPSA) is 89.3 Å². The van der Waals surface area contributed by atoms with E-state index >= 15 is 0 Å². The minimum Gasteiger partial charge on any atom is -0.481 e. The van der Waals surface area contributed by atoms with E-state index < -0.39 is 5.97 Å². The lowest BCUT2D eigenvalue weighted by molar-refractivity contribution is -0.136. The van der Waals surface area contributed by atoms with E-state index in [9.17, 15) is 4.79 Å². The number of carboxylic acids is 1. The molecule has 0 fully saturated rings. The molecule has 0 spiro atoms. The van der Waals surface area contributed by atoms with E-state index in [2.05, 4.69) is 4.98 Å². The molecule has 0 aliphatic heterocycles. The molecule has 3 N–H and O–H groups in total. The third-order valence-electron chi connectivity index (χ3n) is 1.93. The molecule has 6 heteroatoms. The van der Waals surface area contributed by atoms with Gasteiger partial charge < -0.3 is 15.3 Å². The Bertz CT molecular complexity index is 524. The predicted molar refractivity (Wildman–Crippen MR) is 61.4 cm³/mol. The van der Waals surface area contributed by atoms with Crippen molar-refractivity contribution in [1.82, 2.24) is 4.98 Å². The summed E-state index contributed by atoms with van der Waals surface area (Å²) in [6.07, 6.45) is 0.0888. The molecule has 2 aromatic rings. The highest BCUT2D eigenvalue weighted by Gasteiger charge is 2.07. The zero-order chi connectivity index (χ0) is 11.5. The number of anilines is 1. The van der Waals surface area contributed by atoms with Gasteiger partial charge in [0.25, 0.3) is 5.22 Å². The van der Waals surface area contributed by atoms with Crippen LogP contribution in [-0.4, -0.2) is 21.8 Å². The number of rotatable bonds is 4. The molecule has 1 heterocycles. The first-order valence-electron chi connectivity index (χ1n) is 4.66. The number of hydrogen-bond donors (Lipinski definition) is 2. The summed E-state index contributed by atoms with van der Waals surface area (Å²) in [5.41, 5.74) is 7.59. The summed E-state index contributed by atoms with van der Waals surface area (Å²) in [5, 5.41) is 8.96. The van der Waals surface area contributed by atoms with Crippen molar-refractivity contribution in [2.75, 3.05) is 11.5 Å². The fourth-order valence-electron chi connectivity index (χ4n) is 1.21. The van der Waals surface area contributed by atoms with Gasteiger partial charge >= 0.3 is 5.97 Å². The molecule has 0 atom stereocenters. The lowest BCUT2D eigenvalue weighted by Crippen LogP contribution is -1.95. The van der Waals surface area contributed by atoms with E-state index in [4.69, 9.17) is 15.3 Å². The van der Waals surface area contributed by atoms with Gasteiger partial charge in [-0.1, -0.05) is 11.8 Å². The quantitative estimate of drug-likeness (QED) is 0.625. The summed E-state index contributed by atoms with van der Waals surface area (Å²) in [7, 11) is 0. The van der Waals surface area contributed by atoms with Crippen LogP contribution >= 0.6 is 11.8 Å². The number of nitrogens with zero attached hydrogens (tertiary/aromatic N) is 1. The molecule has 0 saturated carbocycles. The number of nitrogen functional groups attached to an aromatic ring is 1. The molecule has 84 valence electrons. The Kier molecular flexibility index (Phi) is 3.00. The Morgan fingerprint density at radius 3 is 3.12 bits per heavy atom. The fraction of sp³-hybridized carbons (Fsp3) is 0.200. The maximum atomic E-state index is 10.3. The number of carboxylic acid groups (broad SMARTS) is 1. The average molecular weight is 238 g/mol. The van der Waals surface area contributed by atoms with Crippen molar-refractivity contribution in [2.45, 2.75) is 11.6 Å². The highest BCUT2D eigenvalue weighted by molar-refractivity contribution is 7.99. The summed E-state index contributed by atoms with van der Waals surface area (Å²) >= 11 is 1.28. The Labute approximate surface area is 95.6 Å². The standard InChI is InChI=1S/C10H10N2O3S/c11-6-1-2-8-7(5-6)12-10(15-8)16-4-3-9(13)14/h1-2,5H,3-4,11H2,(H,13,14). The molecule has 1 aromatic heterocycles. The number of benzene rings is 1. The van der Waals surface area contributed by atoms with E-state index in [0.717, 1.165) is 0 Å². The second-order valence-corrected chi connectivity index (χ2v) is 4.25. The van der Waals surface area contributed by atoms with Gasteiger partial charge in [0.05, 0.1) is 6.42 Å². The molecule has 16 heavy (non-hydrogen) atoms. The molecule has 0 saturated heterocycles. The van der Waals surface area contributed by atoms with Crippen LogP contribution in [0, 0.1) is 0 Å². The second-order valence-electron chi connectivity index (χ2n) is 3.20. The summed E-state index contributed by atoms with van der Waals surface area (Å²) in [4.78, 5) is 14.5. The van der Waals surface area contributed by atoms with Gasteiger partial charge in [-0.15, -0.1) is 0 Å². The summed E-state index contributed by atoms with van der Waals surface area (Å²) in [5.74, 6) is -0.384. The van der Waals surface area contributed by atoms with Gasteiger partial charge in [0.1, 0.15) is 5.52 Å². The summed E-state index contributed by atoms with van der Waals surface area (Å²) < 4.78 is 5.41. The smallest absolute Gasteiger partial charge is 0.304 e. The Balaban J connectivity index is 2.10. The van der Waals surface area contributed by atoms with Gasteiger partial charge in [-0.05, 0) is 18.2 Å². The molecule has 1 aromatic carbocycles. The van der Waals surface area contributed by atoms with Crippen molar-refractivity contribution in [3.8, 4) is 0 Å². The van der Waals surface area contributed by atoms with E-state index in [1.165, 1.54) is 11.8 Å². The maximum absolute atomic E-state index is 10.3. The predicted octanol–water partition coefficient (Wildman–Crippen LogP) is 1.98. The zero-order valence-electron chi connectivity index (χ0n) is 8.34. The minimum absolute atomic E-state index is 0.0888. The van der Waals surface area contributed by atoms with Gasteiger partial charge in [0, 0.05) is 11.4 Å². The summed E-state index contributed by atoms with van der Waals surface area (Å²) in [6, 6.07) is 5.21. The van der Waals surface area contributed by atoms with Gasteiger partial charge in [0.2, 0.25) is 0 Å². The fourth-order valence-corrected chi connectivity index (χ4v) is 1.97. The van der Waals surface area contributed by atoms with Crippen LogP contribution in [0.5, 0.6) is 0 Å². The molecule has 2 rings (SSSR count). The van der Waals surface area contributed by atoms with Crippen LogP contribution < -0.4 is 5.73 Å². The molecule has 0 amide bonds. The van der Waals surface area contributed by atoms with Crippen LogP contribution in [0.4, 0.5) is 5.69 Å². The molecule has 0 aliphatic rings. The third-order valence-corrected chi connectivity index (χ3v) is 2.76. The average Bonchev–Trinajstić information content (AvgIpc) is 2.58. The lowest BCUT2D eigenvalue weighted by Gasteiger charge is -1.91. The van der Waals surface area contributed by atoms with Crippen molar-refractivity contribution < 1.29 is 14.3 Å². The van der Waals surface area contributed by atoms with Crippen molar-refractivity contribution in [3.63, 3.8) is 0 Å². The van der Waals surface area contributed by atoms with Gasteiger partial charge in [0.15, 0.2) is 5.58 Å². The first kappa shape index (κ1) is 10.8. The highest BCUT2D eigenvalue weighted by atomic mass is 32.2. The molecule has 0 unspecified atom stereocenters. The van der Waals surface area contributed by atoms with Crippen LogP contribution in [-0.2, 0) is 4.79 Å². The van der Waals surface area contributed by atoms with Crippen LogP contribution in [0.2, 0.25) is 0 Å². The van der Waals surface area contributed by atoms with Crippen molar-refractivity contribution in [2.24, 2.45) is 0 Å². The second kappa shape index (κ2) is 4.44. The van der Waals surface area contributed by atoms with Crippen LogP contribution in [0.25, 0.3) is 11.1 Å². The van der Waals surface area contributed by atoms with Gasteiger partial charge in [-0.2, -0.15) is 0 Å². The first-order valence-corrected chi connectivity index (χ1v) is 5.64. The van der Waals surface area contributed by atoms with Crippen molar-refractivity contribution in [1.29, 1.82) is 0 Å². The zero-order valence-corrected chi connectivity index (χ0v) is 9.16. The summed E-state index contributed by atoms with van der Waals surface area (Å²) in [6.45, 7) is 0. The Morgan fingerprint density at radius 1 is 1.56 bits per heavy atom. The molecule has 5 nitrogen and oxygen atoms in total. The third kappa shape index (κ3) is 2.46. The number of hydrogen-bond acceptors (Lipinski definition) is 5. The SMILES string of the molecule is Nc1ccc2oc(SCCC(=O)O)nc2c1. The molecular formula is C10H10N2O3S. The van der Waals surface area contributed by atoms with Crippen molar-refractivity contribution >= 4 is 34.5 Å². The maximum Gasteiger partial charge on any atom is 0.304 e. The minimum atomic E-state index is -0.826. The number of nitrogens with two attached hydrogens (primary N) is 1. The van der Waals surface area contributed by atoms with Gasteiger partial charge in [-0.3, -0.25) is 4.79 Å². The number of aliphatic carboxylic acids is 1. The van der Waals surface area contributed by atoms with Crippen LogP contribution in [0.3, 0.4) is 0 Å². The van der Waals surface area contributed by atoms with E-state index in [0.29, 0.717) is 27.8 Å². The van der Waals surface area contributed by atoms with E-state index in [1.807, 2.05) is 0 Å². The first-order chi connectivity index (χ1) is 7.65. The number of carbonyl (C=O) groups is 1. The number of oxazole rings is 1. The van der Waals surface area contributed by atoms with Gasteiger partial charge in [-0.25, -0.2) is 4.98 Å². The lowest BCUT2D eigenvalue weighted by atomic mass is 10.3. The number of fused-ring (bicyclic) bond motifs is 1. The number of aromatic nitrogens is 1. The normalized spacial score (nSPS) is 10.8. The Morgan fingerprint density at radius 2 is 2.38 bits per heavy atom. The van der Waals surface area contributed by atoms with E-state index in [1.54, 1.807) is 18.2 Å².